The lowest BCUT2D eigenvalue weighted by Gasteiger charge is -2.20. The molecule has 3 atom stereocenters. The molecule has 0 bridgehead atoms. The third-order valence-corrected chi connectivity index (χ3v) is 6.50. The van der Waals surface area contributed by atoms with Crippen LogP contribution in [0.2, 0.25) is 0 Å². The van der Waals surface area contributed by atoms with Crippen LogP contribution in [-0.4, -0.2) is 42.3 Å². The zero-order valence-corrected chi connectivity index (χ0v) is 18.0. The average molecular weight is 437 g/mol. The van der Waals surface area contributed by atoms with Gasteiger partial charge in [0.2, 0.25) is 5.91 Å². The van der Waals surface area contributed by atoms with Gasteiger partial charge < -0.3 is 20.5 Å². The SMILES string of the molecule is CC(CNC(=O)OCC1c2ccccc2-c2ccccc21)C(=O)NC1CCCC1C(=O)O. The van der Waals surface area contributed by atoms with Gasteiger partial charge in [0.25, 0.3) is 0 Å². The van der Waals surface area contributed by atoms with Crippen molar-refractivity contribution < 1.29 is 24.2 Å². The number of aliphatic carboxylic acids is 1. The van der Waals surface area contributed by atoms with Crippen LogP contribution in [0.3, 0.4) is 0 Å². The molecule has 4 rings (SSSR count). The van der Waals surface area contributed by atoms with Gasteiger partial charge in [-0.05, 0) is 35.1 Å². The summed E-state index contributed by atoms with van der Waals surface area (Å²) in [5.74, 6) is -2.20. The topological polar surface area (TPSA) is 105 Å². The van der Waals surface area contributed by atoms with Crippen LogP contribution in [0.25, 0.3) is 11.1 Å². The molecular formula is C25H28N2O5. The van der Waals surface area contributed by atoms with Crippen LogP contribution in [-0.2, 0) is 14.3 Å². The molecule has 0 heterocycles. The molecule has 2 aliphatic rings. The summed E-state index contributed by atoms with van der Waals surface area (Å²) >= 11 is 0. The normalized spacial score (nSPS) is 20.2. The van der Waals surface area contributed by atoms with E-state index in [-0.39, 0.29) is 31.0 Å². The second-order valence-electron chi connectivity index (χ2n) is 8.60. The summed E-state index contributed by atoms with van der Waals surface area (Å²) in [5, 5.41) is 14.7. The number of hydrogen-bond acceptors (Lipinski definition) is 4. The van der Waals surface area contributed by atoms with E-state index in [1.165, 1.54) is 0 Å². The molecule has 3 N–H and O–H groups in total. The molecule has 1 saturated carbocycles. The predicted octanol–water partition coefficient (Wildman–Crippen LogP) is 3.53. The van der Waals surface area contributed by atoms with E-state index < -0.39 is 23.9 Å². The lowest BCUT2D eigenvalue weighted by atomic mass is 9.98. The number of carboxylic acid groups (broad SMARTS) is 1. The molecule has 2 aliphatic carbocycles. The van der Waals surface area contributed by atoms with Gasteiger partial charge in [0.15, 0.2) is 0 Å². The van der Waals surface area contributed by atoms with E-state index in [0.29, 0.717) is 12.8 Å². The van der Waals surface area contributed by atoms with Crippen LogP contribution in [0.4, 0.5) is 4.79 Å². The minimum atomic E-state index is -0.878. The van der Waals surface area contributed by atoms with Gasteiger partial charge in [-0.3, -0.25) is 9.59 Å². The molecule has 168 valence electrons. The quantitative estimate of drug-likeness (QED) is 0.616. The fraction of sp³-hybridized carbons (Fsp3) is 0.400. The number of nitrogens with one attached hydrogen (secondary N) is 2. The molecule has 3 unspecified atom stereocenters. The Bertz CT molecular complexity index is 975. The highest BCUT2D eigenvalue weighted by molar-refractivity contribution is 5.81. The molecule has 0 radical (unpaired) electrons. The molecule has 1 fully saturated rings. The van der Waals surface area contributed by atoms with Crippen molar-refractivity contribution in [3.05, 3.63) is 59.7 Å². The number of fused-ring (bicyclic) bond motifs is 3. The van der Waals surface area contributed by atoms with E-state index in [0.717, 1.165) is 28.7 Å². The maximum absolute atomic E-state index is 12.4. The van der Waals surface area contributed by atoms with Crippen molar-refractivity contribution in [2.24, 2.45) is 11.8 Å². The van der Waals surface area contributed by atoms with Crippen molar-refractivity contribution in [2.45, 2.75) is 38.1 Å². The highest BCUT2D eigenvalue weighted by Gasteiger charge is 2.34. The summed E-state index contributed by atoms with van der Waals surface area (Å²) < 4.78 is 5.49. The number of benzene rings is 2. The van der Waals surface area contributed by atoms with Crippen molar-refractivity contribution in [2.75, 3.05) is 13.2 Å². The Balaban J connectivity index is 1.28. The third-order valence-electron chi connectivity index (χ3n) is 6.50. The average Bonchev–Trinajstić information content (AvgIpc) is 3.38. The van der Waals surface area contributed by atoms with Crippen LogP contribution in [0.15, 0.2) is 48.5 Å². The largest absolute Gasteiger partial charge is 0.481 e. The zero-order chi connectivity index (χ0) is 22.7. The first-order chi connectivity index (χ1) is 15.5. The van der Waals surface area contributed by atoms with Crippen molar-refractivity contribution >= 4 is 18.0 Å². The number of alkyl carbamates (subject to hydrolysis) is 1. The number of amides is 2. The van der Waals surface area contributed by atoms with Crippen LogP contribution >= 0.6 is 0 Å². The Morgan fingerprint density at radius 3 is 2.28 bits per heavy atom. The fourth-order valence-corrected chi connectivity index (χ4v) is 4.73. The lowest BCUT2D eigenvalue weighted by Crippen LogP contribution is -2.45. The van der Waals surface area contributed by atoms with Crippen LogP contribution < -0.4 is 10.6 Å². The lowest BCUT2D eigenvalue weighted by molar-refractivity contribution is -0.142. The van der Waals surface area contributed by atoms with Gasteiger partial charge in [0, 0.05) is 18.5 Å². The number of hydrogen-bond donors (Lipinski definition) is 3. The summed E-state index contributed by atoms with van der Waals surface area (Å²) in [4.78, 5) is 36.0. The van der Waals surface area contributed by atoms with Crippen LogP contribution in [0, 0.1) is 11.8 Å². The Kier molecular flexibility index (Phi) is 6.44. The van der Waals surface area contributed by atoms with Gasteiger partial charge >= 0.3 is 12.1 Å². The molecule has 7 heteroatoms. The number of carbonyl (C=O) groups excluding carboxylic acids is 2. The maximum Gasteiger partial charge on any atom is 0.407 e. The monoisotopic (exact) mass is 436 g/mol. The van der Waals surface area contributed by atoms with E-state index >= 15 is 0 Å². The van der Waals surface area contributed by atoms with E-state index in [1.807, 2.05) is 24.3 Å². The van der Waals surface area contributed by atoms with Crippen molar-refractivity contribution in [3.8, 4) is 11.1 Å². The maximum atomic E-state index is 12.4. The van der Waals surface area contributed by atoms with Gasteiger partial charge in [0.05, 0.1) is 11.8 Å². The Morgan fingerprint density at radius 1 is 1.03 bits per heavy atom. The molecule has 2 aromatic carbocycles. The summed E-state index contributed by atoms with van der Waals surface area (Å²) in [6, 6.07) is 15.9. The third kappa shape index (κ3) is 4.47. The van der Waals surface area contributed by atoms with Crippen LogP contribution in [0.5, 0.6) is 0 Å². The van der Waals surface area contributed by atoms with E-state index in [9.17, 15) is 19.5 Å². The highest BCUT2D eigenvalue weighted by Crippen LogP contribution is 2.44. The zero-order valence-electron chi connectivity index (χ0n) is 18.0. The second-order valence-corrected chi connectivity index (χ2v) is 8.60. The summed E-state index contributed by atoms with van der Waals surface area (Å²) in [6.45, 7) is 2.03. The summed E-state index contributed by atoms with van der Waals surface area (Å²) in [6.07, 6.45) is 1.45. The van der Waals surface area contributed by atoms with Gasteiger partial charge in [-0.2, -0.15) is 0 Å². The summed E-state index contributed by atoms with van der Waals surface area (Å²) in [7, 11) is 0. The minimum absolute atomic E-state index is 0.0239. The number of carboxylic acids is 1. The van der Waals surface area contributed by atoms with E-state index in [2.05, 4.69) is 34.9 Å². The predicted molar refractivity (Wildman–Crippen MR) is 119 cm³/mol. The molecule has 0 saturated heterocycles. The first kappa shape index (κ1) is 21.9. The van der Waals surface area contributed by atoms with Crippen LogP contribution in [0.1, 0.15) is 43.2 Å². The molecule has 0 spiro atoms. The molecule has 0 aliphatic heterocycles. The first-order valence-electron chi connectivity index (χ1n) is 11.1. The van der Waals surface area contributed by atoms with E-state index in [4.69, 9.17) is 4.74 Å². The second kappa shape index (κ2) is 9.42. The van der Waals surface area contributed by atoms with E-state index in [1.54, 1.807) is 6.92 Å². The van der Waals surface area contributed by atoms with Gasteiger partial charge in [-0.25, -0.2) is 4.79 Å². The molecule has 0 aromatic heterocycles. The minimum Gasteiger partial charge on any atom is -0.481 e. The van der Waals surface area contributed by atoms with Gasteiger partial charge in [-0.15, -0.1) is 0 Å². The summed E-state index contributed by atoms with van der Waals surface area (Å²) in [5.41, 5.74) is 4.60. The molecule has 32 heavy (non-hydrogen) atoms. The first-order valence-corrected chi connectivity index (χ1v) is 11.1. The number of rotatable bonds is 7. The molecule has 2 amide bonds. The molecule has 7 nitrogen and oxygen atoms in total. The Hall–Kier alpha value is -3.35. The van der Waals surface area contributed by atoms with Gasteiger partial charge in [-0.1, -0.05) is 61.9 Å². The van der Waals surface area contributed by atoms with Crippen molar-refractivity contribution in [1.29, 1.82) is 0 Å². The smallest absolute Gasteiger partial charge is 0.407 e. The highest BCUT2D eigenvalue weighted by atomic mass is 16.5. The number of carbonyl (C=O) groups is 3. The Labute approximate surface area is 187 Å². The standard InChI is InChI=1S/C25H28N2O5/c1-15(23(28)27-22-12-6-11-20(22)24(29)30)13-26-25(31)32-14-21-18-9-4-2-7-16(18)17-8-3-5-10-19(17)21/h2-5,7-10,15,20-22H,6,11-14H2,1H3,(H,26,31)(H,27,28)(H,29,30). The number of ether oxygens (including phenoxy) is 1. The van der Waals surface area contributed by atoms with Crippen molar-refractivity contribution in [1.82, 2.24) is 10.6 Å². The molecule has 2 aromatic rings. The van der Waals surface area contributed by atoms with Crippen molar-refractivity contribution in [3.63, 3.8) is 0 Å². The van der Waals surface area contributed by atoms with Gasteiger partial charge in [0.1, 0.15) is 6.61 Å². The molecular weight excluding hydrogens is 408 g/mol. The fourth-order valence-electron chi connectivity index (χ4n) is 4.73. The Morgan fingerprint density at radius 2 is 1.66 bits per heavy atom.